The molecule has 0 aliphatic carbocycles. The number of nitrogens with one attached hydrogen (secondary N) is 3. The fourth-order valence-corrected chi connectivity index (χ4v) is 4.39. The van der Waals surface area contributed by atoms with Crippen molar-refractivity contribution in [3.63, 3.8) is 0 Å². The first kappa shape index (κ1) is 19.6. The molecule has 5 nitrogen and oxygen atoms in total. The predicted molar refractivity (Wildman–Crippen MR) is 110 cm³/mol. The van der Waals surface area contributed by atoms with Gasteiger partial charge < -0.3 is 16.0 Å². The summed E-state index contributed by atoms with van der Waals surface area (Å²) in [5.74, 6) is -0.0785. The van der Waals surface area contributed by atoms with E-state index in [1.807, 2.05) is 12.1 Å². The predicted octanol–water partition coefficient (Wildman–Crippen LogP) is 3.61. The Balaban J connectivity index is 1.23. The van der Waals surface area contributed by atoms with Crippen molar-refractivity contribution in [1.82, 2.24) is 10.6 Å². The molecule has 2 aliphatic rings. The highest BCUT2D eigenvalue weighted by molar-refractivity contribution is 6.04. The third-order valence-electron chi connectivity index (χ3n) is 5.85. The van der Waals surface area contributed by atoms with Crippen molar-refractivity contribution < 1.29 is 14.0 Å². The highest BCUT2D eigenvalue weighted by Gasteiger charge is 2.34. The molecule has 2 unspecified atom stereocenters. The zero-order chi connectivity index (χ0) is 20.2. The summed E-state index contributed by atoms with van der Waals surface area (Å²) in [5.41, 5.74) is 2.03. The zero-order valence-electron chi connectivity index (χ0n) is 16.3. The van der Waals surface area contributed by atoms with E-state index >= 15 is 0 Å². The van der Waals surface area contributed by atoms with Gasteiger partial charge in [-0.15, -0.1) is 0 Å². The van der Waals surface area contributed by atoms with Crippen LogP contribution in [0, 0.1) is 11.7 Å². The van der Waals surface area contributed by atoms with Crippen molar-refractivity contribution in [2.24, 2.45) is 5.92 Å². The van der Waals surface area contributed by atoms with Gasteiger partial charge in [0.15, 0.2) is 0 Å². The Kier molecular flexibility index (Phi) is 5.90. The number of carbonyl (C=O) groups is 2. The summed E-state index contributed by atoms with van der Waals surface area (Å²) in [4.78, 5) is 24.5. The molecule has 2 aromatic carbocycles. The Labute approximate surface area is 170 Å². The topological polar surface area (TPSA) is 70.2 Å². The third-order valence-corrected chi connectivity index (χ3v) is 5.85. The van der Waals surface area contributed by atoms with Crippen molar-refractivity contribution in [3.05, 3.63) is 65.5 Å². The second kappa shape index (κ2) is 8.74. The number of hydrogen-bond acceptors (Lipinski definition) is 3. The summed E-state index contributed by atoms with van der Waals surface area (Å²) in [6.07, 6.45) is 5.29. The lowest BCUT2D eigenvalue weighted by molar-refractivity contribution is -0.122. The van der Waals surface area contributed by atoms with Gasteiger partial charge >= 0.3 is 0 Å². The van der Waals surface area contributed by atoms with Crippen LogP contribution in [-0.4, -0.2) is 23.9 Å². The maximum atomic E-state index is 13.0. The average molecular weight is 395 g/mol. The number of rotatable bonds is 6. The van der Waals surface area contributed by atoms with E-state index in [4.69, 9.17) is 0 Å². The van der Waals surface area contributed by atoms with Gasteiger partial charge in [-0.3, -0.25) is 9.59 Å². The molecule has 0 aromatic heterocycles. The number of halogens is 1. The maximum absolute atomic E-state index is 13.0. The number of fused-ring (bicyclic) bond motifs is 2. The van der Waals surface area contributed by atoms with Crippen LogP contribution in [0.15, 0.2) is 48.5 Å². The van der Waals surface area contributed by atoms with Crippen LogP contribution in [0.2, 0.25) is 0 Å². The number of carbonyl (C=O) groups excluding carboxylic acids is 2. The maximum Gasteiger partial charge on any atom is 0.255 e. The normalized spacial score (nSPS) is 22.9. The van der Waals surface area contributed by atoms with Gasteiger partial charge in [0.25, 0.3) is 5.91 Å². The molecule has 2 bridgehead atoms. The Hall–Kier alpha value is -2.73. The monoisotopic (exact) mass is 395 g/mol. The molecule has 152 valence electrons. The second-order valence-corrected chi connectivity index (χ2v) is 8.11. The van der Waals surface area contributed by atoms with Gasteiger partial charge in [-0.05, 0) is 73.6 Å². The Morgan fingerprint density at radius 2 is 1.62 bits per heavy atom. The molecule has 0 saturated carbocycles. The molecule has 2 saturated heterocycles. The van der Waals surface area contributed by atoms with Crippen LogP contribution in [0.3, 0.4) is 0 Å². The molecule has 3 N–H and O–H groups in total. The van der Waals surface area contributed by atoms with Crippen molar-refractivity contribution >= 4 is 17.5 Å². The summed E-state index contributed by atoms with van der Waals surface area (Å²) in [5, 5.41) is 9.39. The van der Waals surface area contributed by atoms with Crippen molar-refractivity contribution in [2.75, 3.05) is 5.32 Å². The summed E-state index contributed by atoms with van der Waals surface area (Å²) in [7, 11) is 0. The van der Waals surface area contributed by atoms with E-state index in [1.165, 1.54) is 37.1 Å². The highest BCUT2D eigenvalue weighted by Crippen LogP contribution is 2.32. The molecule has 2 amide bonds. The first-order chi connectivity index (χ1) is 14.0. The lowest BCUT2D eigenvalue weighted by Crippen LogP contribution is -2.39. The molecule has 2 aliphatic heterocycles. The fraction of sp³-hybridized carbons (Fsp3) is 0.391. The quantitative estimate of drug-likeness (QED) is 0.700. The molecule has 29 heavy (non-hydrogen) atoms. The summed E-state index contributed by atoms with van der Waals surface area (Å²) >= 11 is 0. The van der Waals surface area contributed by atoms with Crippen LogP contribution in [0.1, 0.15) is 48.0 Å². The average Bonchev–Trinajstić information content (AvgIpc) is 3.06. The number of benzene rings is 2. The van der Waals surface area contributed by atoms with E-state index in [0.29, 0.717) is 42.2 Å². The summed E-state index contributed by atoms with van der Waals surface area (Å²) in [6, 6.07) is 14.0. The highest BCUT2D eigenvalue weighted by atomic mass is 19.1. The van der Waals surface area contributed by atoms with Crippen molar-refractivity contribution in [2.45, 2.75) is 50.7 Å². The molecule has 4 rings (SSSR count). The standard InChI is InChI=1S/C23H26FN3O2/c24-18-5-3-17(4-6-18)23(29)27-19-7-1-15(2-8-19)14-25-22(28)13-16-11-20-9-10-21(12-16)26-20/h1-8,16,20-21,26H,9-14H2,(H,25,28)(H,27,29). The number of anilines is 1. The zero-order valence-corrected chi connectivity index (χ0v) is 16.3. The van der Waals surface area contributed by atoms with Crippen molar-refractivity contribution in [3.8, 4) is 0 Å². The summed E-state index contributed by atoms with van der Waals surface area (Å²) in [6.45, 7) is 0.475. The minimum atomic E-state index is -0.375. The Bertz CT molecular complexity index is 855. The molecule has 6 heteroatoms. The van der Waals surface area contributed by atoms with E-state index in [2.05, 4.69) is 16.0 Å². The molecular formula is C23H26FN3O2. The van der Waals surface area contributed by atoms with Gasteiger partial charge in [-0.2, -0.15) is 0 Å². The van der Waals surface area contributed by atoms with Crippen molar-refractivity contribution in [1.29, 1.82) is 0 Å². The van der Waals surface area contributed by atoms with Crippen LogP contribution in [0.25, 0.3) is 0 Å². The Morgan fingerprint density at radius 1 is 0.966 bits per heavy atom. The van der Waals surface area contributed by atoms with Gasteiger partial charge in [0.05, 0.1) is 0 Å². The first-order valence-corrected chi connectivity index (χ1v) is 10.2. The van der Waals surface area contributed by atoms with Gasteiger partial charge in [-0.1, -0.05) is 12.1 Å². The number of hydrogen-bond donors (Lipinski definition) is 3. The van der Waals surface area contributed by atoms with E-state index < -0.39 is 0 Å². The Morgan fingerprint density at radius 3 is 2.28 bits per heavy atom. The smallest absolute Gasteiger partial charge is 0.255 e. The van der Waals surface area contributed by atoms with Crippen LogP contribution >= 0.6 is 0 Å². The van der Waals surface area contributed by atoms with Crippen LogP contribution in [0.5, 0.6) is 0 Å². The largest absolute Gasteiger partial charge is 0.352 e. The van der Waals surface area contributed by atoms with E-state index in [0.717, 1.165) is 18.4 Å². The van der Waals surface area contributed by atoms with Crippen LogP contribution in [0.4, 0.5) is 10.1 Å². The molecule has 0 spiro atoms. The van der Waals surface area contributed by atoms with Gasteiger partial charge in [0.2, 0.25) is 5.91 Å². The van der Waals surface area contributed by atoms with Crippen LogP contribution < -0.4 is 16.0 Å². The van der Waals surface area contributed by atoms with E-state index in [1.54, 1.807) is 12.1 Å². The fourth-order valence-electron chi connectivity index (χ4n) is 4.39. The summed E-state index contributed by atoms with van der Waals surface area (Å²) < 4.78 is 13.0. The third kappa shape index (κ3) is 5.21. The molecule has 2 heterocycles. The second-order valence-electron chi connectivity index (χ2n) is 8.11. The number of piperidine rings is 1. The first-order valence-electron chi connectivity index (χ1n) is 10.2. The van der Waals surface area contributed by atoms with E-state index in [-0.39, 0.29) is 17.6 Å². The molecule has 2 aromatic rings. The minimum Gasteiger partial charge on any atom is -0.352 e. The number of amides is 2. The lowest BCUT2D eigenvalue weighted by atomic mass is 9.89. The minimum absolute atomic E-state index is 0.102. The van der Waals surface area contributed by atoms with Crippen LogP contribution in [-0.2, 0) is 11.3 Å². The SMILES string of the molecule is O=C(CC1CC2CCC(C1)N2)NCc1ccc(NC(=O)c2ccc(F)cc2)cc1. The lowest BCUT2D eigenvalue weighted by Gasteiger charge is -2.28. The van der Waals surface area contributed by atoms with E-state index in [9.17, 15) is 14.0 Å². The molecule has 0 radical (unpaired) electrons. The molecule has 2 fully saturated rings. The van der Waals surface area contributed by atoms with Gasteiger partial charge in [0.1, 0.15) is 5.82 Å². The molecular weight excluding hydrogens is 369 g/mol. The van der Waals surface area contributed by atoms with Gasteiger partial charge in [-0.25, -0.2) is 4.39 Å². The molecule has 2 atom stereocenters. The van der Waals surface area contributed by atoms with Gasteiger partial charge in [0, 0.05) is 36.3 Å².